The van der Waals surface area contributed by atoms with E-state index in [-0.39, 0.29) is 11.8 Å². The van der Waals surface area contributed by atoms with Gasteiger partial charge in [-0.25, -0.2) is 14.3 Å². The number of sulfonamides is 1. The summed E-state index contributed by atoms with van der Waals surface area (Å²) < 4.78 is 27.2. The van der Waals surface area contributed by atoms with E-state index in [1.807, 2.05) is 32.9 Å². The Hall–Kier alpha value is -1.44. The Morgan fingerprint density at radius 3 is 2.14 bits per heavy atom. The summed E-state index contributed by atoms with van der Waals surface area (Å²) in [6.45, 7) is 6.27. The molecule has 1 amide bonds. The highest BCUT2D eigenvalue weighted by molar-refractivity contribution is 7.89. The number of piperidine rings is 1. The van der Waals surface area contributed by atoms with Crippen LogP contribution >= 0.6 is 0 Å². The number of nitrogens with zero attached hydrogens (tertiary/aromatic N) is 1. The van der Waals surface area contributed by atoms with Crippen molar-refractivity contribution in [2.45, 2.75) is 38.5 Å². The first-order valence-corrected chi connectivity index (χ1v) is 8.80. The first-order chi connectivity index (χ1) is 10.3. The summed E-state index contributed by atoms with van der Waals surface area (Å²) in [4.78, 5) is 11.9. The highest BCUT2D eigenvalue weighted by Gasteiger charge is 2.33. The van der Waals surface area contributed by atoms with Crippen LogP contribution in [0.4, 0.5) is 0 Å². The van der Waals surface area contributed by atoms with E-state index in [9.17, 15) is 13.2 Å². The second-order valence-electron chi connectivity index (χ2n) is 5.91. The zero-order valence-corrected chi connectivity index (χ0v) is 14.0. The van der Waals surface area contributed by atoms with Crippen LogP contribution in [0.1, 0.15) is 29.5 Å². The molecule has 1 aromatic carbocycles. The Balaban J connectivity index is 2.25. The minimum atomic E-state index is -3.53. The van der Waals surface area contributed by atoms with Gasteiger partial charge >= 0.3 is 0 Å². The highest BCUT2D eigenvalue weighted by Crippen LogP contribution is 2.28. The van der Waals surface area contributed by atoms with Crippen molar-refractivity contribution in [1.82, 2.24) is 9.73 Å². The maximum absolute atomic E-state index is 12.9. The van der Waals surface area contributed by atoms with Crippen molar-refractivity contribution in [2.24, 2.45) is 11.8 Å². The lowest BCUT2D eigenvalue weighted by molar-refractivity contribution is -0.126. The maximum Gasteiger partial charge on any atom is 0.243 e. The number of hydrogen-bond acceptors (Lipinski definition) is 4. The van der Waals surface area contributed by atoms with E-state index in [0.717, 1.165) is 16.7 Å². The molecule has 3 N–H and O–H groups in total. The third kappa shape index (κ3) is 3.16. The fraction of sp³-hybridized carbons (Fsp3) is 0.533. The predicted octanol–water partition coefficient (Wildman–Crippen LogP) is 1.00. The van der Waals surface area contributed by atoms with E-state index < -0.39 is 10.0 Å². The standard InChI is InChI=1S/C15H23N3O3S/c1-10-8-11(2)14(12(3)9-10)22(20,21)18-6-4-13(5-7-18)15(19)17-16/h8-9,13H,4-7,16H2,1-3H3,(H,17,19). The zero-order chi connectivity index (χ0) is 16.5. The first kappa shape index (κ1) is 16.9. The third-order valence-corrected chi connectivity index (χ3v) is 6.37. The van der Waals surface area contributed by atoms with Crippen LogP contribution < -0.4 is 11.3 Å². The van der Waals surface area contributed by atoms with Crippen LogP contribution in [-0.2, 0) is 14.8 Å². The molecule has 1 aromatic rings. The van der Waals surface area contributed by atoms with Crippen LogP contribution in [0, 0.1) is 26.7 Å². The average Bonchev–Trinajstić information content (AvgIpc) is 2.45. The van der Waals surface area contributed by atoms with Gasteiger partial charge in [0.05, 0.1) is 4.90 Å². The molecule has 22 heavy (non-hydrogen) atoms. The van der Waals surface area contributed by atoms with E-state index in [0.29, 0.717) is 30.8 Å². The van der Waals surface area contributed by atoms with Crippen LogP contribution in [0.3, 0.4) is 0 Å². The second kappa shape index (κ2) is 6.36. The number of amides is 1. The van der Waals surface area contributed by atoms with E-state index in [4.69, 9.17) is 5.84 Å². The molecule has 0 aromatic heterocycles. The van der Waals surface area contributed by atoms with Crippen LogP contribution in [-0.4, -0.2) is 31.7 Å². The molecule has 122 valence electrons. The summed E-state index contributed by atoms with van der Waals surface area (Å²) in [6.07, 6.45) is 0.985. The number of carbonyl (C=O) groups excluding carboxylic acids is 1. The maximum atomic E-state index is 12.9. The van der Waals surface area contributed by atoms with Gasteiger partial charge in [0, 0.05) is 19.0 Å². The SMILES string of the molecule is Cc1cc(C)c(S(=O)(=O)N2CCC(C(=O)NN)CC2)c(C)c1. The number of nitrogens with one attached hydrogen (secondary N) is 1. The minimum absolute atomic E-state index is 0.211. The van der Waals surface area contributed by atoms with Crippen molar-refractivity contribution in [3.05, 3.63) is 28.8 Å². The topological polar surface area (TPSA) is 92.5 Å². The Kier molecular flexibility index (Phi) is 4.89. The summed E-state index contributed by atoms with van der Waals surface area (Å²) in [5, 5.41) is 0. The van der Waals surface area contributed by atoms with Crippen molar-refractivity contribution in [3.63, 3.8) is 0 Å². The minimum Gasteiger partial charge on any atom is -0.294 e. The molecule has 2 rings (SSSR count). The number of hydrazine groups is 1. The lowest BCUT2D eigenvalue weighted by Gasteiger charge is -2.31. The van der Waals surface area contributed by atoms with E-state index in [1.54, 1.807) is 0 Å². The number of carbonyl (C=O) groups is 1. The second-order valence-corrected chi connectivity index (χ2v) is 7.79. The number of benzene rings is 1. The molecule has 7 heteroatoms. The molecule has 1 aliphatic rings. The van der Waals surface area contributed by atoms with Gasteiger partial charge in [0.15, 0.2) is 0 Å². The van der Waals surface area contributed by atoms with Crippen molar-refractivity contribution >= 4 is 15.9 Å². The largest absolute Gasteiger partial charge is 0.294 e. The summed E-state index contributed by atoms with van der Waals surface area (Å²) >= 11 is 0. The molecule has 0 atom stereocenters. The summed E-state index contributed by atoms with van der Waals surface area (Å²) in [5.74, 6) is 4.70. The quantitative estimate of drug-likeness (QED) is 0.493. The fourth-order valence-electron chi connectivity index (χ4n) is 3.18. The smallest absolute Gasteiger partial charge is 0.243 e. The third-order valence-electron chi connectivity index (χ3n) is 4.17. The molecule has 0 saturated carbocycles. The van der Waals surface area contributed by atoms with Crippen LogP contribution in [0.15, 0.2) is 17.0 Å². The average molecular weight is 325 g/mol. The van der Waals surface area contributed by atoms with Gasteiger partial charge < -0.3 is 0 Å². The molecule has 0 radical (unpaired) electrons. The van der Waals surface area contributed by atoms with Crippen molar-refractivity contribution in [3.8, 4) is 0 Å². The molecule has 6 nitrogen and oxygen atoms in total. The molecular weight excluding hydrogens is 302 g/mol. The van der Waals surface area contributed by atoms with Gasteiger partial charge in [0.25, 0.3) is 0 Å². The molecule has 1 saturated heterocycles. The first-order valence-electron chi connectivity index (χ1n) is 7.36. The molecule has 1 aliphatic heterocycles. The molecule has 0 bridgehead atoms. The molecular formula is C15H23N3O3S. The van der Waals surface area contributed by atoms with Gasteiger partial charge in [-0.3, -0.25) is 10.2 Å². The van der Waals surface area contributed by atoms with Gasteiger partial charge in [-0.2, -0.15) is 4.31 Å². The summed E-state index contributed by atoms with van der Waals surface area (Å²) in [7, 11) is -3.53. The Labute approximate surface area is 131 Å². The molecule has 1 heterocycles. The van der Waals surface area contributed by atoms with E-state index >= 15 is 0 Å². The normalized spacial score (nSPS) is 17.5. The molecule has 0 unspecified atom stereocenters. The lowest BCUT2D eigenvalue weighted by atomic mass is 9.98. The van der Waals surface area contributed by atoms with Crippen molar-refractivity contribution < 1.29 is 13.2 Å². The van der Waals surface area contributed by atoms with Gasteiger partial charge in [0.1, 0.15) is 0 Å². The highest BCUT2D eigenvalue weighted by atomic mass is 32.2. The van der Waals surface area contributed by atoms with Crippen molar-refractivity contribution in [2.75, 3.05) is 13.1 Å². The van der Waals surface area contributed by atoms with Gasteiger partial charge in [0.2, 0.25) is 15.9 Å². The van der Waals surface area contributed by atoms with Crippen LogP contribution in [0.2, 0.25) is 0 Å². The van der Waals surface area contributed by atoms with E-state index in [1.165, 1.54) is 4.31 Å². The number of aryl methyl sites for hydroxylation is 3. The summed E-state index contributed by atoms with van der Waals surface area (Å²) in [6, 6.07) is 3.77. The van der Waals surface area contributed by atoms with Gasteiger partial charge in [-0.15, -0.1) is 0 Å². The number of nitrogens with two attached hydrogens (primary N) is 1. The Morgan fingerprint density at radius 2 is 1.68 bits per heavy atom. The summed E-state index contributed by atoms with van der Waals surface area (Å²) in [5.41, 5.74) is 4.71. The van der Waals surface area contributed by atoms with Gasteiger partial charge in [-0.05, 0) is 44.7 Å². The Morgan fingerprint density at radius 1 is 1.18 bits per heavy atom. The van der Waals surface area contributed by atoms with Gasteiger partial charge in [-0.1, -0.05) is 17.7 Å². The molecule has 0 spiro atoms. The zero-order valence-electron chi connectivity index (χ0n) is 13.2. The number of hydrogen-bond donors (Lipinski definition) is 2. The molecule has 1 fully saturated rings. The lowest BCUT2D eigenvalue weighted by Crippen LogP contribution is -2.44. The van der Waals surface area contributed by atoms with E-state index in [2.05, 4.69) is 5.43 Å². The number of rotatable bonds is 3. The predicted molar refractivity (Wildman–Crippen MR) is 84.5 cm³/mol. The van der Waals surface area contributed by atoms with Crippen molar-refractivity contribution in [1.29, 1.82) is 0 Å². The van der Waals surface area contributed by atoms with Crippen LogP contribution in [0.25, 0.3) is 0 Å². The van der Waals surface area contributed by atoms with Crippen LogP contribution in [0.5, 0.6) is 0 Å². The monoisotopic (exact) mass is 325 g/mol. The molecule has 0 aliphatic carbocycles. The Bertz CT molecular complexity index is 654. The fourth-order valence-corrected chi connectivity index (χ4v) is 5.06.